The zero-order valence-corrected chi connectivity index (χ0v) is 13.3. The number of fused-ring (bicyclic) bond motifs is 1. The maximum Gasteiger partial charge on any atom is 0.139 e. The van der Waals surface area contributed by atoms with Crippen LogP contribution in [0, 0.1) is 6.92 Å². The Kier molecular flexibility index (Phi) is 4.55. The molecule has 2 aromatic heterocycles. The molecule has 2 heterocycles. The zero-order valence-electron chi connectivity index (χ0n) is 13.3. The van der Waals surface area contributed by atoms with Crippen molar-refractivity contribution in [3.8, 4) is 17.0 Å². The van der Waals surface area contributed by atoms with Gasteiger partial charge in [-0.25, -0.2) is 9.50 Å². The van der Waals surface area contributed by atoms with E-state index in [1.165, 1.54) is 0 Å². The molecule has 0 radical (unpaired) electrons. The molecule has 1 aromatic carbocycles. The summed E-state index contributed by atoms with van der Waals surface area (Å²) < 4.78 is 12.4. The lowest BCUT2D eigenvalue weighted by Gasteiger charge is -2.07. The minimum absolute atomic E-state index is 0.500. The van der Waals surface area contributed by atoms with Crippen LogP contribution in [0.5, 0.6) is 5.75 Å². The highest BCUT2D eigenvalue weighted by atomic mass is 16.5. The molecule has 0 aliphatic carbocycles. The van der Waals surface area contributed by atoms with E-state index in [9.17, 15) is 0 Å². The van der Waals surface area contributed by atoms with Crippen LogP contribution in [0.25, 0.3) is 16.8 Å². The largest absolute Gasteiger partial charge is 0.489 e. The molecular weight excluding hydrogens is 292 g/mol. The van der Waals surface area contributed by atoms with Crippen molar-refractivity contribution in [1.82, 2.24) is 14.6 Å². The average Bonchev–Trinajstić information content (AvgIpc) is 2.97. The highest BCUT2D eigenvalue weighted by molar-refractivity contribution is 5.78. The lowest BCUT2D eigenvalue weighted by Crippen LogP contribution is -2.03. The first-order valence-electron chi connectivity index (χ1n) is 7.48. The first-order chi connectivity index (χ1) is 11.2. The second kappa shape index (κ2) is 6.76. The third-order valence-electron chi connectivity index (χ3n) is 3.77. The van der Waals surface area contributed by atoms with Crippen LogP contribution in [-0.2, 0) is 11.3 Å². The fourth-order valence-electron chi connectivity index (χ4n) is 2.52. The third kappa shape index (κ3) is 3.18. The molecule has 0 spiro atoms. The second-order valence-corrected chi connectivity index (χ2v) is 5.30. The molecule has 0 unspecified atom stereocenters. The van der Waals surface area contributed by atoms with Crippen molar-refractivity contribution in [2.24, 2.45) is 5.73 Å². The molecule has 2 N–H and O–H groups in total. The molecule has 0 saturated carbocycles. The number of hydrogen-bond acceptors (Lipinski definition) is 5. The van der Waals surface area contributed by atoms with Crippen molar-refractivity contribution >= 4 is 5.52 Å². The van der Waals surface area contributed by atoms with Crippen molar-refractivity contribution in [3.05, 3.63) is 47.9 Å². The standard InChI is InChI=1S/C17H20N4O2/c1-12-7-13(3-4-14(12)9-18)17-16-8-15(23-6-5-22-2)10-21(16)20-11-19-17/h3-4,7-8,10-11H,5-6,9,18H2,1-2H3. The Morgan fingerprint density at radius 2 is 2.09 bits per heavy atom. The summed E-state index contributed by atoms with van der Waals surface area (Å²) in [5.41, 5.74) is 10.8. The highest BCUT2D eigenvalue weighted by Crippen LogP contribution is 2.27. The van der Waals surface area contributed by atoms with Gasteiger partial charge in [-0.15, -0.1) is 0 Å². The minimum Gasteiger partial charge on any atom is -0.489 e. The maximum absolute atomic E-state index is 5.73. The second-order valence-electron chi connectivity index (χ2n) is 5.30. The minimum atomic E-state index is 0.500. The third-order valence-corrected chi connectivity index (χ3v) is 3.77. The molecule has 6 nitrogen and oxygen atoms in total. The Labute approximate surface area is 134 Å². The number of ether oxygens (including phenoxy) is 2. The number of nitrogens with zero attached hydrogens (tertiary/aromatic N) is 3. The number of nitrogens with two attached hydrogens (primary N) is 1. The van der Waals surface area contributed by atoms with Gasteiger partial charge in [-0.1, -0.05) is 12.1 Å². The summed E-state index contributed by atoms with van der Waals surface area (Å²) in [6.07, 6.45) is 3.39. The molecule has 120 valence electrons. The van der Waals surface area contributed by atoms with Gasteiger partial charge in [-0.05, 0) is 24.1 Å². The monoisotopic (exact) mass is 312 g/mol. The van der Waals surface area contributed by atoms with Crippen LogP contribution < -0.4 is 10.5 Å². The highest BCUT2D eigenvalue weighted by Gasteiger charge is 2.10. The van der Waals surface area contributed by atoms with Crippen LogP contribution in [0.1, 0.15) is 11.1 Å². The molecule has 3 aromatic rings. The summed E-state index contributed by atoms with van der Waals surface area (Å²) in [6.45, 7) is 3.64. The number of hydrogen-bond donors (Lipinski definition) is 1. The molecule has 0 atom stereocenters. The zero-order chi connectivity index (χ0) is 16.2. The predicted octanol–water partition coefficient (Wildman–Crippen LogP) is 2.19. The van der Waals surface area contributed by atoms with Crippen LogP contribution in [-0.4, -0.2) is 34.9 Å². The van der Waals surface area contributed by atoms with E-state index >= 15 is 0 Å². The summed E-state index contributed by atoms with van der Waals surface area (Å²) >= 11 is 0. The quantitative estimate of drug-likeness (QED) is 0.706. The van der Waals surface area contributed by atoms with Crippen LogP contribution in [0.3, 0.4) is 0 Å². The molecule has 0 aliphatic rings. The van der Waals surface area contributed by atoms with Gasteiger partial charge in [0.1, 0.15) is 18.7 Å². The van der Waals surface area contributed by atoms with E-state index in [-0.39, 0.29) is 0 Å². The molecule has 0 fully saturated rings. The SMILES string of the molecule is COCCOc1cc2c(-c3ccc(CN)c(C)c3)ncnn2c1. The molecule has 0 saturated heterocycles. The van der Waals surface area contributed by atoms with Crippen molar-refractivity contribution in [2.45, 2.75) is 13.5 Å². The molecule has 0 bridgehead atoms. The smallest absolute Gasteiger partial charge is 0.139 e. The van der Waals surface area contributed by atoms with E-state index in [0.717, 1.165) is 33.7 Å². The summed E-state index contributed by atoms with van der Waals surface area (Å²) in [7, 11) is 1.65. The summed E-state index contributed by atoms with van der Waals surface area (Å²) in [5.74, 6) is 0.749. The van der Waals surface area contributed by atoms with E-state index in [4.69, 9.17) is 15.2 Å². The predicted molar refractivity (Wildman–Crippen MR) is 88.4 cm³/mol. The number of aryl methyl sites for hydroxylation is 1. The maximum atomic E-state index is 5.73. The van der Waals surface area contributed by atoms with Gasteiger partial charge in [0, 0.05) is 25.3 Å². The Hall–Kier alpha value is -2.44. The van der Waals surface area contributed by atoms with E-state index in [0.29, 0.717) is 19.8 Å². The van der Waals surface area contributed by atoms with Gasteiger partial charge in [0.05, 0.1) is 24.0 Å². The van der Waals surface area contributed by atoms with Crippen LogP contribution in [0.15, 0.2) is 36.8 Å². The van der Waals surface area contributed by atoms with E-state index in [1.54, 1.807) is 18.0 Å². The first-order valence-corrected chi connectivity index (χ1v) is 7.48. The van der Waals surface area contributed by atoms with Gasteiger partial charge in [0.25, 0.3) is 0 Å². The summed E-state index contributed by atoms with van der Waals surface area (Å²) in [5, 5.41) is 4.25. The average molecular weight is 312 g/mol. The molecule has 3 rings (SSSR count). The fourth-order valence-corrected chi connectivity index (χ4v) is 2.52. The van der Waals surface area contributed by atoms with Crippen molar-refractivity contribution in [3.63, 3.8) is 0 Å². The number of rotatable bonds is 6. The Bertz CT molecular complexity index is 813. The van der Waals surface area contributed by atoms with Gasteiger partial charge in [-0.2, -0.15) is 5.10 Å². The van der Waals surface area contributed by atoms with Crippen molar-refractivity contribution in [1.29, 1.82) is 0 Å². The lowest BCUT2D eigenvalue weighted by atomic mass is 10.0. The molecular formula is C17H20N4O2. The van der Waals surface area contributed by atoms with E-state index in [2.05, 4.69) is 23.1 Å². The summed E-state index contributed by atoms with van der Waals surface area (Å²) in [4.78, 5) is 4.44. The Morgan fingerprint density at radius 3 is 2.83 bits per heavy atom. The van der Waals surface area contributed by atoms with Crippen LogP contribution >= 0.6 is 0 Å². The van der Waals surface area contributed by atoms with Gasteiger partial charge < -0.3 is 15.2 Å². The van der Waals surface area contributed by atoms with Crippen LogP contribution in [0.2, 0.25) is 0 Å². The normalized spacial score (nSPS) is 11.1. The van der Waals surface area contributed by atoms with E-state index < -0.39 is 0 Å². The Morgan fingerprint density at radius 1 is 1.22 bits per heavy atom. The Balaban J connectivity index is 1.98. The number of aromatic nitrogens is 3. The number of benzene rings is 1. The van der Waals surface area contributed by atoms with Crippen molar-refractivity contribution < 1.29 is 9.47 Å². The first kappa shape index (κ1) is 15.5. The fraction of sp³-hybridized carbons (Fsp3) is 0.294. The van der Waals surface area contributed by atoms with Gasteiger partial charge >= 0.3 is 0 Å². The molecule has 23 heavy (non-hydrogen) atoms. The summed E-state index contributed by atoms with van der Waals surface area (Å²) in [6, 6.07) is 8.12. The van der Waals surface area contributed by atoms with Gasteiger partial charge in [0.15, 0.2) is 0 Å². The topological polar surface area (TPSA) is 74.7 Å². The molecule has 0 amide bonds. The molecule has 0 aliphatic heterocycles. The van der Waals surface area contributed by atoms with Crippen molar-refractivity contribution in [2.75, 3.05) is 20.3 Å². The van der Waals surface area contributed by atoms with Gasteiger partial charge in [-0.3, -0.25) is 0 Å². The van der Waals surface area contributed by atoms with E-state index in [1.807, 2.05) is 24.4 Å². The molecule has 6 heteroatoms. The van der Waals surface area contributed by atoms with Crippen LogP contribution in [0.4, 0.5) is 0 Å². The number of methoxy groups -OCH3 is 1. The van der Waals surface area contributed by atoms with Gasteiger partial charge in [0.2, 0.25) is 0 Å². The lowest BCUT2D eigenvalue weighted by molar-refractivity contribution is 0.146.